The van der Waals surface area contributed by atoms with Crippen molar-refractivity contribution in [3.63, 3.8) is 0 Å². The summed E-state index contributed by atoms with van der Waals surface area (Å²) in [5, 5.41) is 19.0. The molecule has 0 aliphatic rings. The number of hydrogen-bond donors (Lipinski definition) is 2. The third-order valence-electron chi connectivity index (χ3n) is 2.46. The number of carbonyl (C=O) groups is 2. The second kappa shape index (κ2) is 5.83. The minimum atomic E-state index is -0.998. The Balaban J connectivity index is 1.94. The van der Waals surface area contributed by atoms with Gasteiger partial charge in [0.05, 0.1) is 17.6 Å². The van der Waals surface area contributed by atoms with Gasteiger partial charge in [0.1, 0.15) is 6.54 Å². The lowest BCUT2D eigenvalue weighted by molar-refractivity contribution is -0.137. The van der Waals surface area contributed by atoms with Crippen LogP contribution in [0.4, 0.5) is 5.69 Å². The van der Waals surface area contributed by atoms with Crippen molar-refractivity contribution in [3.8, 4) is 0 Å². The minimum absolute atomic E-state index is 0.249. The van der Waals surface area contributed by atoms with Crippen LogP contribution in [0.5, 0.6) is 0 Å². The summed E-state index contributed by atoms with van der Waals surface area (Å²) in [6.45, 7) is -0.249. The number of nitrogens with zero attached hydrogens (tertiary/aromatic N) is 4. The number of carboxylic acids is 1. The van der Waals surface area contributed by atoms with E-state index in [1.807, 2.05) is 0 Å². The van der Waals surface area contributed by atoms with Crippen molar-refractivity contribution in [3.05, 3.63) is 36.4 Å². The van der Waals surface area contributed by atoms with Crippen LogP contribution in [0.1, 0.15) is 5.69 Å². The summed E-state index contributed by atoms with van der Waals surface area (Å²) in [6.07, 6.45) is 7.46. The molecule has 104 valence electrons. The highest BCUT2D eigenvalue weighted by atomic mass is 16.4. The molecule has 0 aliphatic carbocycles. The first kappa shape index (κ1) is 13.5. The van der Waals surface area contributed by atoms with Crippen LogP contribution in [0.2, 0.25) is 0 Å². The highest BCUT2D eigenvalue weighted by Gasteiger charge is 2.04. The first-order valence-electron chi connectivity index (χ1n) is 5.76. The fourth-order valence-corrected chi connectivity index (χ4v) is 1.55. The van der Waals surface area contributed by atoms with Crippen LogP contribution >= 0.6 is 0 Å². The van der Waals surface area contributed by atoms with Crippen molar-refractivity contribution in [2.75, 3.05) is 5.32 Å². The first-order valence-corrected chi connectivity index (χ1v) is 5.76. The number of carbonyl (C=O) groups excluding carboxylic acids is 1. The van der Waals surface area contributed by atoms with Gasteiger partial charge in [-0.3, -0.25) is 19.0 Å². The Bertz CT molecular complexity index is 656. The van der Waals surface area contributed by atoms with Crippen LogP contribution in [-0.2, 0) is 23.2 Å². The van der Waals surface area contributed by atoms with Gasteiger partial charge in [-0.2, -0.15) is 10.2 Å². The number of aromatic nitrogens is 4. The molecule has 2 rings (SSSR count). The molecule has 0 unspecified atom stereocenters. The number of carboxylic acid groups (broad SMARTS) is 1. The van der Waals surface area contributed by atoms with Crippen molar-refractivity contribution in [1.29, 1.82) is 0 Å². The summed E-state index contributed by atoms with van der Waals surface area (Å²) in [6, 6.07) is 1.77. The van der Waals surface area contributed by atoms with Gasteiger partial charge in [0, 0.05) is 25.5 Å². The average molecular weight is 275 g/mol. The van der Waals surface area contributed by atoms with Crippen LogP contribution in [0.15, 0.2) is 30.7 Å². The number of aliphatic carboxylic acids is 1. The van der Waals surface area contributed by atoms with Gasteiger partial charge in [0.15, 0.2) is 0 Å². The molecule has 0 saturated heterocycles. The molecule has 20 heavy (non-hydrogen) atoms. The standard InChI is InChI=1S/C12H13N5O3/c1-16-10(4-5-13-16)2-3-11(18)15-9-6-14-17(7-9)8-12(19)20/h2-7H,8H2,1H3,(H,15,18)(H,19,20)/b3-2+. The molecule has 2 aromatic rings. The van der Waals surface area contributed by atoms with E-state index in [4.69, 9.17) is 5.11 Å². The number of nitrogens with one attached hydrogen (secondary N) is 1. The van der Waals surface area contributed by atoms with E-state index in [0.29, 0.717) is 5.69 Å². The summed E-state index contributed by atoms with van der Waals surface area (Å²) in [7, 11) is 1.77. The molecule has 0 atom stereocenters. The van der Waals surface area contributed by atoms with E-state index in [2.05, 4.69) is 15.5 Å². The van der Waals surface area contributed by atoms with Crippen molar-refractivity contribution in [2.45, 2.75) is 6.54 Å². The summed E-state index contributed by atoms with van der Waals surface area (Å²) >= 11 is 0. The van der Waals surface area contributed by atoms with Crippen LogP contribution in [-0.4, -0.2) is 36.5 Å². The number of hydrogen-bond acceptors (Lipinski definition) is 4. The van der Waals surface area contributed by atoms with Crippen molar-refractivity contribution >= 4 is 23.6 Å². The summed E-state index contributed by atoms with van der Waals surface area (Å²) in [5.74, 6) is -1.33. The Morgan fingerprint density at radius 2 is 2.25 bits per heavy atom. The minimum Gasteiger partial charge on any atom is -0.480 e. The van der Waals surface area contributed by atoms with E-state index in [-0.39, 0.29) is 12.5 Å². The zero-order valence-corrected chi connectivity index (χ0v) is 10.7. The molecular weight excluding hydrogens is 262 g/mol. The molecule has 2 N–H and O–H groups in total. The molecule has 8 heteroatoms. The molecule has 0 aliphatic heterocycles. The van der Waals surface area contributed by atoms with E-state index < -0.39 is 5.97 Å². The fraction of sp³-hybridized carbons (Fsp3) is 0.167. The Morgan fingerprint density at radius 1 is 1.45 bits per heavy atom. The predicted molar refractivity (Wildman–Crippen MR) is 70.7 cm³/mol. The molecular formula is C12H13N5O3. The summed E-state index contributed by atoms with van der Waals surface area (Å²) in [5.41, 5.74) is 1.23. The molecule has 0 saturated carbocycles. The lowest BCUT2D eigenvalue weighted by Crippen LogP contribution is -2.09. The van der Waals surface area contributed by atoms with Gasteiger partial charge < -0.3 is 10.4 Å². The van der Waals surface area contributed by atoms with Gasteiger partial charge in [-0.15, -0.1) is 0 Å². The normalized spacial score (nSPS) is 10.8. The summed E-state index contributed by atoms with van der Waals surface area (Å²) in [4.78, 5) is 22.2. The number of anilines is 1. The van der Waals surface area contributed by atoms with E-state index in [9.17, 15) is 9.59 Å². The summed E-state index contributed by atoms with van der Waals surface area (Å²) < 4.78 is 2.86. The third kappa shape index (κ3) is 3.55. The van der Waals surface area contributed by atoms with Gasteiger partial charge >= 0.3 is 5.97 Å². The largest absolute Gasteiger partial charge is 0.480 e. The zero-order valence-electron chi connectivity index (χ0n) is 10.7. The van der Waals surface area contributed by atoms with Gasteiger partial charge in [0.25, 0.3) is 0 Å². The lowest BCUT2D eigenvalue weighted by Gasteiger charge is -1.97. The highest BCUT2D eigenvalue weighted by molar-refractivity contribution is 6.01. The Labute approximate surface area is 114 Å². The molecule has 1 amide bonds. The van der Waals surface area contributed by atoms with Crippen molar-refractivity contribution in [2.24, 2.45) is 7.05 Å². The van der Waals surface area contributed by atoms with Crippen LogP contribution < -0.4 is 5.32 Å². The molecule has 8 nitrogen and oxygen atoms in total. The van der Waals surface area contributed by atoms with Crippen LogP contribution in [0.3, 0.4) is 0 Å². The average Bonchev–Trinajstić information content (AvgIpc) is 2.96. The molecule has 0 fully saturated rings. The van der Waals surface area contributed by atoms with Crippen LogP contribution in [0, 0.1) is 0 Å². The van der Waals surface area contributed by atoms with E-state index in [1.54, 1.807) is 30.1 Å². The van der Waals surface area contributed by atoms with Gasteiger partial charge in [-0.05, 0) is 12.1 Å². The third-order valence-corrected chi connectivity index (χ3v) is 2.46. The van der Waals surface area contributed by atoms with Gasteiger partial charge in [-0.25, -0.2) is 0 Å². The molecule has 2 aromatic heterocycles. The van der Waals surface area contributed by atoms with E-state index in [1.165, 1.54) is 23.2 Å². The maximum Gasteiger partial charge on any atom is 0.325 e. The Kier molecular flexibility index (Phi) is 3.94. The smallest absolute Gasteiger partial charge is 0.325 e. The first-order chi connectivity index (χ1) is 9.54. The molecule has 0 spiro atoms. The van der Waals surface area contributed by atoms with E-state index >= 15 is 0 Å². The van der Waals surface area contributed by atoms with Gasteiger partial charge in [-0.1, -0.05) is 0 Å². The zero-order chi connectivity index (χ0) is 14.5. The maximum atomic E-state index is 11.7. The molecule has 0 radical (unpaired) electrons. The SMILES string of the molecule is Cn1nccc1/C=C/C(=O)Nc1cnn(CC(=O)O)c1. The van der Waals surface area contributed by atoms with E-state index in [0.717, 1.165) is 5.69 Å². The lowest BCUT2D eigenvalue weighted by atomic mass is 10.3. The molecule has 0 aromatic carbocycles. The predicted octanol–water partition coefficient (Wildman–Crippen LogP) is 0.353. The second-order valence-corrected chi connectivity index (χ2v) is 4.02. The maximum absolute atomic E-state index is 11.7. The molecule has 0 bridgehead atoms. The quantitative estimate of drug-likeness (QED) is 0.767. The topological polar surface area (TPSA) is 102 Å². The Hall–Kier alpha value is -2.90. The van der Waals surface area contributed by atoms with Crippen LogP contribution in [0.25, 0.3) is 6.08 Å². The second-order valence-electron chi connectivity index (χ2n) is 4.02. The van der Waals surface area contributed by atoms with Crippen molar-refractivity contribution in [1.82, 2.24) is 19.6 Å². The fourth-order valence-electron chi connectivity index (χ4n) is 1.55. The van der Waals surface area contributed by atoms with Gasteiger partial charge in [0.2, 0.25) is 5.91 Å². The monoisotopic (exact) mass is 275 g/mol. The Morgan fingerprint density at radius 3 is 2.90 bits per heavy atom. The number of rotatable bonds is 5. The number of amides is 1. The molecule has 2 heterocycles. The number of aryl methyl sites for hydroxylation is 1. The van der Waals surface area contributed by atoms with Crippen molar-refractivity contribution < 1.29 is 14.7 Å². The highest BCUT2D eigenvalue weighted by Crippen LogP contribution is 2.05.